The molecule has 0 bridgehead atoms. The maximum Gasteiger partial charge on any atom is 0.307 e. The van der Waals surface area contributed by atoms with Gasteiger partial charge in [0.25, 0.3) is 0 Å². The van der Waals surface area contributed by atoms with Crippen LogP contribution in [0, 0.1) is 29.2 Å². The van der Waals surface area contributed by atoms with Crippen LogP contribution in [0.15, 0.2) is 41.6 Å². The van der Waals surface area contributed by atoms with Crippen LogP contribution >= 0.6 is 12.4 Å². The molecule has 0 aliphatic carbocycles. The van der Waals surface area contributed by atoms with Gasteiger partial charge in [-0.25, -0.2) is 17.6 Å². The van der Waals surface area contributed by atoms with Crippen LogP contribution < -0.4 is 0 Å². The number of oxime groups is 1. The molecule has 31 heavy (non-hydrogen) atoms. The van der Waals surface area contributed by atoms with Crippen LogP contribution in [0.4, 0.5) is 17.6 Å². The first-order chi connectivity index (χ1) is 14.3. The zero-order valence-corrected chi connectivity index (χ0v) is 17.2. The molecular weight excluding hydrogens is 440 g/mol. The van der Waals surface area contributed by atoms with Gasteiger partial charge in [0.1, 0.15) is 35.6 Å². The molecule has 0 aromatic heterocycles. The van der Waals surface area contributed by atoms with Gasteiger partial charge in [-0.15, -0.1) is 12.4 Å². The summed E-state index contributed by atoms with van der Waals surface area (Å²) >= 11 is 0. The minimum atomic E-state index is -0.971. The van der Waals surface area contributed by atoms with Gasteiger partial charge < -0.3 is 9.94 Å². The monoisotopic (exact) mass is 460 g/mol. The van der Waals surface area contributed by atoms with E-state index in [0.29, 0.717) is 38.2 Å². The van der Waals surface area contributed by atoms with Crippen molar-refractivity contribution in [3.05, 3.63) is 70.8 Å². The van der Waals surface area contributed by atoms with Gasteiger partial charge in [0.05, 0.1) is 5.92 Å². The first-order valence-electron chi connectivity index (χ1n) is 9.41. The molecule has 0 unspecified atom stereocenters. The summed E-state index contributed by atoms with van der Waals surface area (Å²) in [4.78, 5) is 18.3. The summed E-state index contributed by atoms with van der Waals surface area (Å²) in [5.74, 6) is -4.86. The molecule has 1 N–H and O–H groups in total. The van der Waals surface area contributed by atoms with E-state index in [9.17, 15) is 22.4 Å². The number of hydrogen-bond donors (Lipinski definition) is 1. The van der Waals surface area contributed by atoms with E-state index in [1.54, 1.807) is 0 Å². The third-order valence-corrected chi connectivity index (χ3v) is 4.88. The molecule has 0 saturated carbocycles. The van der Waals surface area contributed by atoms with E-state index in [-0.39, 0.29) is 35.9 Å². The van der Waals surface area contributed by atoms with Crippen molar-refractivity contribution in [3.63, 3.8) is 0 Å². The minimum Gasteiger partial charge on any atom is -0.481 e. The molecule has 1 fully saturated rings. The highest BCUT2D eigenvalue weighted by molar-refractivity contribution is 6.12. The third-order valence-electron chi connectivity index (χ3n) is 4.88. The van der Waals surface area contributed by atoms with Gasteiger partial charge in [0.15, 0.2) is 0 Å². The number of nitrogens with zero attached hydrogens (tertiary/aromatic N) is 2. The summed E-state index contributed by atoms with van der Waals surface area (Å²) in [6.07, 6.45) is 1.36. The van der Waals surface area contributed by atoms with Crippen LogP contribution in [0.25, 0.3) is 0 Å². The maximum atomic E-state index is 14.3. The van der Waals surface area contributed by atoms with Crippen LogP contribution in [-0.4, -0.2) is 47.9 Å². The van der Waals surface area contributed by atoms with E-state index < -0.39 is 35.2 Å². The number of piperidine rings is 1. The summed E-state index contributed by atoms with van der Waals surface area (Å²) in [6, 6.07) is 5.44. The second-order valence-corrected chi connectivity index (χ2v) is 7.00. The molecule has 0 spiro atoms. The second kappa shape index (κ2) is 11.1. The molecule has 1 aliphatic rings. The quantitative estimate of drug-likeness (QED) is 0.291. The Bertz CT molecular complexity index is 905. The lowest BCUT2D eigenvalue weighted by Gasteiger charge is -2.29. The third kappa shape index (κ3) is 6.41. The molecule has 1 saturated heterocycles. The summed E-state index contributed by atoms with van der Waals surface area (Å²) in [5, 5.41) is 13.0. The van der Waals surface area contributed by atoms with Crippen molar-refractivity contribution < 1.29 is 32.3 Å². The van der Waals surface area contributed by atoms with Crippen LogP contribution in [0.5, 0.6) is 0 Å². The average molecular weight is 461 g/mol. The van der Waals surface area contributed by atoms with Gasteiger partial charge in [-0.1, -0.05) is 5.16 Å². The predicted octanol–water partition coefficient (Wildman–Crippen LogP) is 4.23. The minimum absolute atomic E-state index is 0. The highest BCUT2D eigenvalue weighted by atomic mass is 35.5. The van der Waals surface area contributed by atoms with E-state index in [1.165, 1.54) is 0 Å². The number of halogens is 5. The number of likely N-dealkylation sites (tertiary alicyclic amines) is 1. The fourth-order valence-corrected chi connectivity index (χ4v) is 3.35. The molecule has 2 aromatic carbocycles. The Morgan fingerprint density at radius 3 is 2.16 bits per heavy atom. The molecular formula is C21H21ClF4N2O3. The van der Waals surface area contributed by atoms with Crippen molar-refractivity contribution in [2.75, 3.05) is 26.2 Å². The van der Waals surface area contributed by atoms with Crippen molar-refractivity contribution in [1.29, 1.82) is 0 Å². The Morgan fingerprint density at radius 1 is 1.06 bits per heavy atom. The maximum absolute atomic E-state index is 14.3. The molecule has 10 heteroatoms. The highest BCUT2D eigenvalue weighted by Crippen LogP contribution is 2.20. The van der Waals surface area contributed by atoms with E-state index in [4.69, 9.17) is 9.94 Å². The molecule has 0 amide bonds. The predicted molar refractivity (Wildman–Crippen MR) is 108 cm³/mol. The fourth-order valence-electron chi connectivity index (χ4n) is 3.35. The van der Waals surface area contributed by atoms with Gasteiger partial charge in [0, 0.05) is 36.3 Å². The van der Waals surface area contributed by atoms with E-state index in [2.05, 4.69) is 5.16 Å². The first-order valence-corrected chi connectivity index (χ1v) is 9.41. The van der Waals surface area contributed by atoms with E-state index >= 15 is 0 Å². The molecule has 1 atom stereocenters. The Kier molecular flexibility index (Phi) is 8.82. The Morgan fingerprint density at radius 2 is 1.65 bits per heavy atom. The fraction of sp³-hybridized carbons (Fsp3) is 0.333. The van der Waals surface area contributed by atoms with Crippen molar-refractivity contribution in [2.45, 2.75) is 12.8 Å². The SMILES string of the molecule is Cl.O=C(O)[C@@H]1CCCN(CCON=C(c2ccc(F)cc2F)c2ccc(F)cc2F)C1. The molecule has 1 heterocycles. The zero-order valence-electron chi connectivity index (χ0n) is 16.4. The summed E-state index contributed by atoms with van der Waals surface area (Å²) in [7, 11) is 0. The number of benzene rings is 2. The second-order valence-electron chi connectivity index (χ2n) is 7.00. The van der Waals surface area contributed by atoms with Crippen molar-refractivity contribution in [1.82, 2.24) is 4.90 Å². The highest BCUT2D eigenvalue weighted by Gasteiger charge is 2.25. The largest absolute Gasteiger partial charge is 0.481 e. The van der Waals surface area contributed by atoms with Crippen molar-refractivity contribution >= 4 is 24.1 Å². The molecule has 3 rings (SSSR count). The topological polar surface area (TPSA) is 62.1 Å². The number of aliphatic carboxylic acids is 1. The molecule has 168 valence electrons. The lowest BCUT2D eigenvalue weighted by Crippen LogP contribution is -2.40. The van der Waals surface area contributed by atoms with Crippen molar-refractivity contribution in [3.8, 4) is 0 Å². The Labute approximate surface area is 182 Å². The standard InChI is InChI=1S/C21H20F4N2O3.ClH/c22-14-3-5-16(18(24)10-14)20(17-6-4-15(23)11-19(17)25)26-30-9-8-27-7-1-2-13(12-27)21(28)29;/h3-6,10-11,13H,1-2,7-9,12H2,(H,28,29);1H/t13-;/m1./s1. The van der Waals surface area contributed by atoms with Crippen LogP contribution in [0.1, 0.15) is 24.0 Å². The van der Waals surface area contributed by atoms with Gasteiger partial charge in [0.2, 0.25) is 0 Å². The van der Waals surface area contributed by atoms with Gasteiger partial charge in [-0.05, 0) is 43.7 Å². The number of carboxylic acids is 1. The zero-order chi connectivity index (χ0) is 21.7. The van der Waals surface area contributed by atoms with Gasteiger partial charge in [-0.2, -0.15) is 0 Å². The van der Waals surface area contributed by atoms with Crippen LogP contribution in [-0.2, 0) is 9.63 Å². The summed E-state index contributed by atoms with van der Waals surface area (Å²) < 4.78 is 55.1. The smallest absolute Gasteiger partial charge is 0.307 e. The van der Waals surface area contributed by atoms with Crippen LogP contribution in [0.3, 0.4) is 0 Å². The average Bonchev–Trinajstić information content (AvgIpc) is 2.70. The van der Waals surface area contributed by atoms with E-state index in [1.807, 2.05) is 4.90 Å². The lowest BCUT2D eigenvalue weighted by atomic mass is 9.98. The van der Waals surface area contributed by atoms with Crippen LogP contribution in [0.2, 0.25) is 0 Å². The van der Waals surface area contributed by atoms with Gasteiger partial charge >= 0.3 is 5.97 Å². The number of carboxylic acid groups (broad SMARTS) is 1. The van der Waals surface area contributed by atoms with Gasteiger partial charge in [-0.3, -0.25) is 9.69 Å². The summed E-state index contributed by atoms with van der Waals surface area (Å²) in [5.41, 5.74) is -0.649. The number of hydrogen-bond acceptors (Lipinski definition) is 4. The Hall–Kier alpha value is -2.65. The van der Waals surface area contributed by atoms with Crippen molar-refractivity contribution in [2.24, 2.45) is 11.1 Å². The first kappa shape index (κ1) is 24.6. The molecule has 1 aliphatic heterocycles. The number of carbonyl (C=O) groups is 1. The number of rotatable bonds is 7. The lowest BCUT2D eigenvalue weighted by molar-refractivity contribution is -0.143. The van der Waals surface area contributed by atoms with E-state index in [0.717, 1.165) is 30.7 Å². The normalized spacial score (nSPS) is 16.3. The Balaban J connectivity index is 0.00000341. The molecule has 2 aromatic rings. The molecule has 5 nitrogen and oxygen atoms in total. The summed E-state index contributed by atoms with van der Waals surface area (Å²) in [6.45, 7) is 1.51. The molecule has 0 radical (unpaired) electrons.